The number of hydrogen-bond acceptors (Lipinski definition) is 10. The Kier molecular flexibility index (Phi) is 9.82. The third-order valence-corrected chi connectivity index (χ3v) is 11.2. The van der Waals surface area contributed by atoms with Gasteiger partial charge in [0.15, 0.2) is 5.84 Å². The third-order valence-electron chi connectivity index (χ3n) is 10.1. The van der Waals surface area contributed by atoms with Gasteiger partial charge in [0.2, 0.25) is 5.91 Å². The van der Waals surface area contributed by atoms with Crippen LogP contribution in [0.15, 0.2) is 29.8 Å². The maximum Gasteiger partial charge on any atom is 0.258 e. The zero-order chi connectivity index (χ0) is 33.1. The van der Waals surface area contributed by atoms with Crippen molar-refractivity contribution in [1.82, 2.24) is 14.8 Å². The van der Waals surface area contributed by atoms with Gasteiger partial charge >= 0.3 is 0 Å². The number of aryl methyl sites for hydroxylation is 1. The normalized spacial score (nSPS) is 23.2. The van der Waals surface area contributed by atoms with E-state index in [1.54, 1.807) is 11.0 Å². The lowest BCUT2D eigenvalue weighted by molar-refractivity contribution is -0.127. The van der Waals surface area contributed by atoms with E-state index in [2.05, 4.69) is 27.4 Å². The zero-order valence-electron chi connectivity index (χ0n) is 27.1. The summed E-state index contributed by atoms with van der Waals surface area (Å²) >= 11 is 1.38. The number of carbonyl (C=O) groups is 2. The SMILES string of the molecule is C=CC(=O)N1CCC(Oc2cc(C(N)=NC(=O)C3(C)CCCc4sc(N)c(C#N)c43)nc(N3CCC(N4CCOCC4)CC3)c2)CC1. The molecule has 1 atom stereocenters. The van der Waals surface area contributed by atoms with Crippen molar-refractivity contribution in [1.29, 1.82) is 5.26 Å². The van der Waals surface area contributed by atoms with Crippen LogP contribution in [0.2, 0.25) is 0 Å². The highest BCUT2D eigenvalue weighted by atomic mass is 32.1. The predicted molar refractivity (Wildman–Crippen MR) is 182 cm³/mol. The number of nitrogen functional groups attached to an aromatic ring is 1. The summed E-state index contributed by atoms with van der Waals surface area (Å²) in [4.78, 5) is 42.8. The van der Waals surface area contributed by atoms with Gasteiger partial charge in [-0.3, -0.25) is 14.5 Å². The lowest BCUT2D eigenvalue weighted by Gasteiger charge is -2.40. The molecule has 0 radical (unpaired) electrons. The van der Waals surface area contributed by atoms with Gasteiger partial charge < -0.3 is 30.7 Å². The quantitative estimate of drug-likeness (QED) is 0.256. The number of nitrogens with two attached hydrogens (primary N) is 2. The number of amides is 2. The van der Waals surface area contributed by atoms with Crippen LogP contribution >= 0.6 is 11.3 Å². The molecule has 3 aliphatic heterocycles. The summed E-state index contributed by atoms with van der Waals surface area (Å²) in [6, 6.07) is 6.40. The summed E-state index contributed by atoms with van der Waals surface area (Å²) in [6.07, 6.45) is 6.75. The van der Waals surface area contributed by atoms with E-state index in [0.717, 1.165) is 75.8 Å². The molecule has 4 N–H and O–H groups in total. The number of aliphatic imine (C=N–C) groups is 1. The van der Waals surface area contributed by atoms with Crippen LogP contribution in [0, 0.1) is 11.3 Å². The minimum absolute atomic E-state index is 0.00589. The number of ether oxygens (including phenoxy) is 2. The number of thiophene rings is 1. The molecule has 3 fully saturated rings. The number of nitrogens with zero attached hydrogens (tertiary/aromatic N) is 6. The lowest BCUT2D eigenvalue weighted by Crippen LogP contribution is -2.49. The zero-order valence-corrected chi connectivity index (χ0v) is 27.9. The number of nitriles is 1. The molecule has 2 aromatic heterocycles. The Morgan fingerprint density at radius 1 is 1.17 bits per heavy atom. The van der Waals surface area contributed by atoms with E-state index in [1.807, 2.05) is 13.0 Å². The smallest absolute Gasteiger partial charge is 0.258 e. The lowest BCUT2D eigenvalue weighted by atomic mass is 9.72. The van der Waals surface area contributed by atoms with Crippen molar-refractivity contribution in [2.45, 2.75) is 69.4 Å². The van der Waals surface area contributed by atoms with Crippen molar-refractivity contribution in [2.24, 2.45) is 10.7 Å². The number of amidine groups is 1. The van der Waals surface area contributed by atoms with E-state index in [-0.39, 0.29) is 17.8 Å². The van der Waals surface area contributed by atoms with Gasteiger partial charge in [-0.2, -0.15) is 10.3 Å². The molecular weight excluding hydrogens is 616 g/mol. The van der Waals surface area contributed by atoms with Crippen LogP contribution in [0.25, 0.3) is 0 Å². The van der Waals surface area contributed by atoms with Crippen LogP contribution in [0.5, 0.6) is 5.75 Å². The van der Waals surface area contributed by atoms with E-state index in [9.17, 15) is 14.9 Å². The van der Waals surface area contributed by atoms with E-state index in [1.165, 1.54) is 17.4 Å². The fourth-order valence-electron chi connectivity index (χ4n) is 7.37. The Morgan fingerprint density at radius 3 is 2.57 bits per heavy atom. The number of carbonyl (C=O) groups excluding carboxylic acids is 2. The Hall–Kier alpha value is -3.99. The fourth-order valence-corrected chi connectivity index (χ4v) is 8.56. The Morgan fingerprint density at radius 2 is 1.89 bits per heavy atom. The van der Waals surface area contributed by atoms with Crippen LogP contribution in [0.4, 0.5) is 10.8 Å². The third kappa shape index (κ3) is 6.86. The second-order valence-electron chi connectivity index (χ2n) is 13.0. The van der Waals surface area contributed by atoms with E-state index < -0.39 is 11.3 Å². The van der Waals surface area contributed by atoms with Gasteiger partial charge in [0.05, 0.1) is 24.2 Å². The summed E-state index contributed by atoms with van der Waals surface area (Å²) in [6.45, 7) is 11.7. The molecule has 0 aromatic carbocycles. The number of aromatic nitrogens is 1. The first-order valence-electron chi connectivity index (χ1n) is 16.6. The van der Waals surface area contributed by atoms with Gasteiger partial charge in [-0.05, 0) is 45.1 Å². The summed E-state index contributed by atoms with van der Waals surface area (Å²) in [7, 11) is 0. The highest BCUT2D eigenvalue weighted by Gasteiger charge is 2.43. The summed E-state index contributed by atoms with van der Waals surface area (Å²) < 4.78 is 12.0. The Balaban J connectivity index is 1.26. The molecule has 4 aliphatic rings. The molecule has 0 bridgehead atoms. The van der Waals surface area contributed by atoms with Crippen molar-refractivity contribution >= 4 is 39.8 Å². The number of anilines is 2. The number of hydrogen-bond donors (Lipinski definition) is 2. The first-order valence-corrected chi connectivity index (χ1v) is 17.4. The fraction of sp³-hybridized carbons (Fsp3) is 0.559. The summed E-state index contributed by atoms with van der Waals surface area (Å²) in [5, 5.41) is 10.3. The number of pyridine rings is 1. The number of fused-ring (bicyclic) bond motifs is 1. The molecule has 1 aliphatic carbocycles. The molecule has 0 saturated carbocycles. The molecule has 0 spiro atoms. The average Bonchev–Trinajstić information content (AvgIpc) is 3.44. The van der Waals surface area contributed by atoms with Crippen LogP contribution in [-0.4, -0.2) is 97.1 Å². The standard InChI is InChI=1S/C34H44N8O4S/c1-3-29(43)42-13-8-23(9-14-42)46-24-19-26(38-28(20-24)41-11-6-22(7-12-41)40-15-17-45-18-16-40)31(36)39-33(44)34(2)10-4-5-27-30(34)25(21-35)32(37)47-27/h3,19-20,22-23H,1,4-18,37H2,2H3,(H2,36,39,44). The average molecular weight is 661 g/mol. The Bertz CT molecular complexity index is 1580. The van der Waals surface area contributed by atoms with Crippen molar-refractivity contribution < 1.29 is 19.1 Å². The maximum atomic E-state index is 13.9. The molecule has 250 valence electrons. The summed E-state index contributed by atoms with van der Waals surface area (Å²) in [5.41, 5.74) is 13.2. The van der Waals surface area contributed by atoms with Crippen LogP contribution in [0.1, 0.15) is 67.1 Å². The van der Waals surface area contributed by atoms with Crippen molar-refractivity contribution in [2.75, 3.05) is 63.1 Å². The van der Waals surface area contributed by atoms with E-state index in [0.29, 0.717) is 66.0 Å². The maximum absolute atomic E-state index is 13.9. The molecule has 3 saturated heterocycles. The minimum Gasteiger partial charge on any atom is -0.490 e. The monoisotopic (exact) mass is 660 g/mol. The molecule has 2 aromatic rings. The van der Waals surface area contributed by atoms with E-state index in [4.69, 9.17) is 25.9 Å². The van der Waals surface area contributed by atoms with Gasteiger partial charge in [-0.1, -0.05) is 6.58 Å². The second kappa shape index (κ2) is 14.0. The first kappa shape index (κ1) is 32.9. The highest BCUT2D eigenvalue weighted by Crippen LogP contribution is 2.46. The molecule has 5 heterocycles. The number of morpholine rings is 1. The minimum atomic E-state index is -1.01. The molecule has 13 heteroatoms. The van der Waals surface area contributed by atoms with Crippen LogP contribution < -0.4 is 21.1 Å². The molecular formula is C34H44N8O4S. The highest BCUT2D eigenvalue weighted by molar-refractivity contribution is 7.16. The molecule has 1 unspecified atom stereocenters. The summed E-state index contributed by atoms with van der Waals surface area (Å²) in [5.74, 6) is 0.850. The van der Waals surface area contributed by atoms with Gasteiger partial charge in [0, 0.05) is 80.7 Å². The molecule has 6 rings (SSSR count). The second-order valence-corrected chi connectivity index (χ2v) is 14.1. The topological polar surface area (TPSA) is 163 Å². The van der Waals surface area contributed by atoms with Gasteiger partial charge in [0.25, 0.3) is 5.91 Å². The van der Waals surface area contributed by atoms with Crippen LogP contribution in [-0.2, 0) is 26.2 Å². The van der Waals surface area contributed by atoms with Gasteiger partial charge in [0.1, 0.15) is 34.4 Å². The molecule has 47 heavy (non-hydrogen) atoms. The van der Waals surface area contributed by atoms with Crippen molar-refractivity contribution in [3.05, 3.63) is 46.5 Å². The predicted octanol–water partition coefficient (Wildman–Crippen LogP) is 2.98. The number of rotatable bonds is 7. The largest absolute Gasteiger partial charge is 0.490 e. The van der Waals surface area contributed by atoms with Gasteiger partial charge in [-0.15, -0.1) is 11.3 Å². The van der Waals surface area contributed by atoms with Crippen LogP contribution in [0.3, 0.4) is 0 Å². The molecule has 2 amide bonds. The Labute approximate surface area is 280 Å². The number of likely N-dealkylation sites (tertiary alicyclic amines) is 1. The molecule has 12 nitrogen and oxygen atoms in total. The van der Waals surface area contributed by atoms with Gasteiger partial charge in [-0.25, -0.2) is 4.98 Å². The van der Waals surface area contributed by atoms with Crippen molar-refractivity contribution in [3.8, 4) is 11.8 Å². The van der Waals surface area contributed by atoms with E-state index >= 15 is 0 Å². The number of piperidine rings is 2. The van der Waals surface area contributed by atoms with Crippen molar-refractivity contribution in [3.63, 3.8) is 0 Å². The first-order chi connectivity index (χ1) is 22.7.